The Morgan fingerprint density at radius 1 is 1.57 bits per heavy atom. The van der Waals surface area contributed by atoms with Gasteiger partial charge in [0.25, 0.3) is 0 Å². The fraction of sp³-hybridized carbons (Fsp3) is 0.579. The molecular weight excluding hydrogens is 308 g/mol. The molecule has 0 unspecified atom stereocenters. The average Bonchev–Trinajstić information content (AvgIpc) is 2.52. The number of rotatable bonds is 5. The molecule has 0 aliphatic heterocycles. The van der Waals surface area contributed by atoms with Crippen LogP contribution in [0.1, 0.15) is 39.5 Å². The van der Waals surface area contributed by atoms with Crippen LogP contribution < -0.4 is 0 Å². The summed E-state index contributed by atoms with van der Waals surface area (Å²) in [6.45, 7) is 11.8. The Morgan fingerprint density at radius 3 is 2.87 bits per heavy atom. The molecule has 0 saturated heterocycles. The van der Waals surface area contributed by atoms with E-state index in [0.29, 0.717) is 11.3 Å². The van der Waals surface area contributed by atoms with E-state index in [4.69, 9.17) is 4.74 Å². The highest BCUT2D eigenvalue weighted by Crippen LogP contribution is 2.52. The molecule has 23 heavy (non-hydrogen) atoms. The van der Waals surface area contributed by atoms with E-state index in [0.717, 1.165) is 19.3 Å². The summed E-state index contributed by atoms with van der Waals surface area (Å²) in [6, 6.07) is 0. The Labute approximate surface area is 143 Å². The minimum absolute atomic E-state index is 0.000635. The smallest absolute Gasteiger partial charge is 0.344 e. The number of esters is 1. The van der Waals surface area contributed by atoms with Crippen LogP contribution in [0.15, 0.2) is 35.8 Å². The molecule has 0 bridgehead atoms. The number of carbonyl (C=O) groups is 2. The predicted molar refractivity (Wildman–Crippen MR) is 95.1 cm³/mol. The summed E-state index contributed by atoms with van der Waals surface area (Å²) in [6.07, 6.45) is 8.47. The van der Waals surface area contributed by atoms with Crippen molar-refractivity contribution in [3.63, 3.8) is 0 Å². The van der Waals surface area contributed by atoms with Crippen LogP contribution in [0.25, 0.3) is 0 Å². The molecule has 4 atom stereocenters. The lowest BCUT2D eigenvalue weighted by atomic mass is 9.57. The van der Waals surface area contributed by atoms with Gasteiger partial charge in [0.2, 0.25) is 0 Å². The van der Waals surface area contributed by atoms with Crippen LogP contribution >= 0.6 is 11.8 Å². The molecule has 126 valence electrons. The molecule has 0 radical (unpaired) electrons. The van der Waals surface area contributed by atoms with E-state index in [1.165, 1.54) is 17.3 Å². The zero-order valence-corrected chi connectivity index (χ0v) is 15.1. The topological polar surface area (TPSA) is 43.4 Å². The van der Waals surface area contributed by atoms with Gasteiger partial charge < -0.3 is 4.74 Å². The van der Waals surface area contributed by atoms with E-state index >= 15 is 0 Å². The molecule has 0 N–H and O–H groups in total. The number of thioether (sulfide) groups is 1. The first-order valence-electron chi connectivity index (χ1n) is 8.13. The number of hydrogen-bond donors (Lipinski definition) is 0. The van der Waals surface area contributed by atoms with Gasteiger partial charge in [-0.05, 0) is 43.4 Å². The summed E-state index contributed by atoms with van der Waals surface area (Å²) >= 11 is 1.32. The van der Waals surface area contributed by atoms with E-state index in [9.17, 15) is 9.59 Å². The molecule has 0 spiro atoms. The van der Waals surface area contributed by atoms with Crippen molar-refractivity contribution in [3.05, 3.63) is 35.8 Å². The van der Waals surface area contributed by atoms with Gasteiger partial charge in [0.05, 0.1) is 4.91 Å². The van der Waals surface area contributed by atoms with Crippen LogP contribution in [-0.4, -0.2) is 24.1 Å². The fourth-order valence-corrected chi connectivity index (χ4v) is 4.06. The molecule has 3 nitrogen and oxygen atoms in total. The van der Waals surface area contributed by atoms with Crippen molar-refractivity contribution in [2.75, 3.05) is 6.26 Å². The number of ether oxygens (including phenoxy) is 1. The predicted octanol–water partition coefficient (Wildman–Crippen LogP) is 4.30. The van der Waals surface area contributed by atoms with Gasteiger partial charge in [0.15, 0.2) is 5.78 Å². The molecule has 0 aromatic rings. The fourth-order valence-electron chi connectivity index (χ4n) is 3.84. The molecule has 0 aromatic carbocycles. The summed E-state index contributed by atoms with van der Waals surface area (Å²) in [4.78, 5) is 24.7. The summed E-state index contributed by atoms with van der Waals surface area (Å²) in [7, 11) is 0. The van der Waals surface area contributed by atoms with Gasteiger partial charge in [-0.1, -0.05) is 32.1 Å². The van der Waals surface area contributed by atoms with Crippen molar-refractivity contribution in [2.24, 2.45) is 17.3 Å². The highest BCUT2D eigenvalue weighted by Gasteiger charge is 2.48. The van der Waals surface area contributed by atoms with Gasteiger partial charge in [-0.3, -0.25) is 4.79 Å². The van der Waals surface area contributed by atoms with Gasteiger partial charge >= 0.3 is 5.97 Å². The van der Waals surface area contributed by atoms with Crippen molar-refractivity contribution in [3.8, 4) is 0 Å². The summed E-state index contributed by atoms with van der Waals surface area (Å²) in [5, 5.41) is 0. The maximum atomic E-state index is 12.3. The molecule has 1 saturated carbocycles. The van der Waals surface area contributed by atoms with Crippen LogP contribution in [0, 0.1) is 17.3 Å². The van der Waals surface area contributed by atoms with E-state index < -0.39 is 0 Å². The standard InChI is InChI=1S/C19H26O3S/c1-6-7-14-11-19(4)12(2)17(22-18(21)13(3)23-5)9-8-15(19)10-16(14)20/h6,10,12,14,17H,1,3,7-9,11H2,2,4-5H3/t12-,14+,17+,19+/m0/s1. The zero-order chi connectivity index (χ0) is 17.2. The zero-order valence-electron chi connectivity index (χ0n) is 14.3. The monoisotopic (exact) mass is 334 g/mol. The van der Waals surface area contributed by atoms with Crippen molar-refractivity contribution in [1.82, 2.24) is 0 Å². The summed E-state index contributed by atoms with van der Waals surface area (Å²) in [5.74, 6) is 0.0801. The number of allylic oxidation sites excluding steroid dienone is 3. The van der Waals surface area contributed by atoms with Crippen molar-refractivity contribution in [1.29, 1.82) is 0 Å². The van der Waals surface area contributed by atoms with Crippen LogP contribution in [0.4, 0.5) is 0 Å². The van der Waals surface area contributed by atoms with Crippen LogP contribution in [0.3, 0.4) is 0 Å². The van der Waals surface area contributed by atoms with Crippen molar-refractivity contribution in [2.45, 2.75) is 45.6 Å². The Kier molecular flexibility index (Phi) is 5.56. The number of ketones is 1. The van der Waals surface area contributed by atoms with E-state index in [1.807, 2.05) is 18.4 Å². The third-order valence-corrected chi connectivity index (χ3v) is 6.23. The van der Waals surface area contributed by atoms with Gasteiger partial charge in [-0.15, -0.1) is 18.3 Å². The molecule has 0 amide bonds. The van der Waals surface area contributed by atoms with Crippen LogP contribution in [0.2, 0.25) is 0 Å². The lowest BCUT2D eigenvalue weighted by molar-refractivity contribution is -0.151. The summed E-state index contributed by atoms with van der Waals surface area (Å²) in [5.41, 5.74) is 1.12. The maximum absolute atomic E-state index is 12.3. The van der Waals surface area contributed by atoms with Crippen molar-refractivity contribution < 1.29 is 14.3 Å². The Morgan fingerprint density at radius 2 is 2.26 bits per heavy atom. The molecule has 0 aromatic heterocycles. The maximum Gasteiger partial charge on any atom is 0.344 e. The lowest BCUT2D eigenvalue weighted by Gasteiger charge is -2.49. The van der Waals surface area contributed by atoms with Gasteiger partial charge in [0, 0.05) is 11.8 Å². The van der Waals surface area contributed by atoms with Crippen LogP contribution in [-0.2, 0) is 14.3 Å². The van der Waals surface area contributed by atoms with E-state index in [1.54, 1.807) is 0 Å². The minimum Gasteiger partial charge on any atom is -0.458 e. The SMILES string of the molecule is C=CC[C@@H]1C[C@@]2(C)C(=CC1=O)CC[C@@H](OC(=O)C(=C)SC)[C@@H]2C. The molecular formula is C19H26O3S. The van der Waals surface area contributed by atoms with Gasteiger partial charge in [-0.25, -0.2) is 4.79 Å². The molecule has 0 heterocycles. The van der Waals surface area contributed by atoms with Crippen molar-refractivity contribution >= 4 is 23.5 Å². The lowest BCUT2D eigenvalue weighted by Crippen LogP contribution is -2.46. The first kappa shape index (κ1) is 18.1. The number of fused-ring (bicyclic) bond motifs is 1. The average molecular weight is 334 g/mol. The van der Waals surface area contributed by atoms with E-state index in [2.05, 4.69) is 27.0 Å². The number of carbonyl (C=O) groups excluding carboxylic acids is 2. The molecule has 2 aliphatic rings. The molecule has 2 aliphatic carbocycles. The summed E-state index contributed by atoms with van der Waals surface area (Å²) < 4.78 is 5.70. The molecule has 4 heteroatoms. The van der Waals surface area contributed by atoms with Crippen LogP contribution in [0.5, 0.6) is 0 Å². The normalized spacial score (nSPS) is 33.4. The Bertz CT molecular complexity index is 563. The highest BCUT2D eigenvalue weighted by atomic mass is 32.2. The highest BCUT2D eigenvalue weighted by molar-refractivity contribution is 8.03. The largest absolute Gasteiger partial charge is 0.458 e. The van der Waals surface area contributed by atoms with Gasteiger partial charge in [0.1, 0.15) is 6.10 Å². The van der Waals surface area contributed by atoms with Gasteiger partial charge in [-0.2, -0.15) is 0 Å². The first-order chi connectivity index (χ1) is 10.8. The minimum atomic E-state index is -0.320. The number of hydrogen-bond acceptors (Lipinski definition) is 4. The molecule has 1 fully saturated rings. The Balaban J connectivity index is 2.19. The third kappa shape index (κ3) is 3.47. The second kappa shape index (κ2) is 7.08. The molecule has 2 rings (SSSR count). The van der Waals surface area contributed by atoms with E-state index in [-0.39, 0.29) is 35.1 Å². The Hall–Kier alpha value is -1.29. The first-order valence-corrected chi connectivity index (χ1v) is 9.35. The second-order valence-corrected chi connectivity index (χ2v) is 7.71. The quantitative estimate of drug-likeness (QED) is 0.427. The second-order valence-electron chi connectivity index (χ2n) is 6.81. The third-order valence-electron chi connectivity index (χ3n) is 5.57.